The maximum Gasteiger partial charge on any atom is 0.412 e. The molecule has 2 rings (SSSR count). The van der Waals surface area contributed by atoms with E-state index in [0.717, 1.165) is 16.3 Å². The molecule has 0 bridgehead atoms. The molecule has 5 nitrogen and oxygen atoms in total. The summed E-state index contributed by atoms with van der Waals surface area (Å²) in [5.74, 6) is 0.475. The number of ether oxygens (including phenoxy) is 1. The Balaban J connectivity index is 2.34. The predicted octanol–water partition coefficient (Wildman–Crippen LogP) is 5.81. The number of hydrogen-bond donors (Lipinski definition) is 1. The van der Waals surface area contributed by atoms with E-state index in [-0.39, 0.29) is 12.0 Å². The summed E-state index contributed by atoms with van der Waals surface area (Å²) in [5.41, 5.74) is 1.45. The lowest BCUT2D eigenvalue weighted by molar-refractivity contribution is 0.163. The van der Waals surface area contributed by atoms with Crippen molar-refractivity contribution in [2.24, 2.45) is 0 Å². The van der Waals surface area contributed by atoms with Crippen molar-refractivity contribution < 1.29 is 9.53 Å². The molecule has 0 unspecified atom stereocenters. The topological polar surface area (TPSA) is 56.2 Å². The molecule has 1 N–H and O–H groups in total. The second-order valence-corrected chi connectivity index (χ2v) is 9.99. The van der Waals surface area contributed by atoms with Gasteiger partial charge in [-0.15, -0.1) is 11.8 Å². The molecule has 0 aliphatic heterocycles. The predicted molar refractivity (Wildman–Crippen MR) is 109 cm³/mol. The van der Waals surface area contributed by atoms with Gasteiger partial charge in [0.1, 0.15) is 12.4 Å². The third-order valence-corrected chi connectivity index (χ3v) is 4.43. The Morgan fingerprint density at radius 3 is 2.54 bits per heavy atom. The van der Waals surface area contributed by atoms with Gasteiger partial charge in [-0.1, -0.05) is 61.6 Å². The number of halogens is 3. The fourth-order valence-electron chi connectivity index (χ4n) is 2.06. The van der Waals surface area contributed by atoms with Gasteiger partial charge in [-0.25, -0.2) is 9.48 Å². The van der Waals surface area contributed by atoms with E-state index >= 15 is 0 Å². The number of carbonyl (C=O) groups excluding carboxylic acids is 1. The summed E-state index contributed by atoms with van der Waals surface area (Å²) in [6.07, 6.45) is 1.27. The first-order valence-electron chi connectivity index (χ1n) is 7.75. The number of rotatable bonds is 4. The zero-order valence-electron chi connectivity index (χ0n) is 14.8. The average molecular weight is 437 g/mol. The standard InChI is InChI=1S/C17H20Cl3N3O2S/c1-16(2,3)13-9-14(21-15(24)25-10-17(18,19)20)23(22-13)11-6-5-7-12(8-11)26-4/h5-9H,10H2,1-4H3,(H,21,24). The molecule has 0 fully saturated rings. The highest BCUT2D eigenvalue weighted by Crippen LogP contribution is 2.29. The van der Waals surface area contributed by atoms with Crippen LogP contribution >= 0.6 is 46.6 Å². The van der Waals surface area contributed by atoms with Crippen LogP contribution in [0.15, 0.2) is 35.2 Å². The van der Waals surface area contributed by atoms with Crippen molar-refractivity contribution in [1.29, 1.82) is 0 Å². The van der Waals surface area contributed by atoms with Crippen molar-refractivity contribution >= 4 is 58.5 Å². The second-order valence-electron chi connectivity index (χ2n) is 6.59. The summed E-state index contributed by atoms with van der Waals surface area (Å²) in [5, 5.41) is 7.32. The SMILES string of the molecule is CSc1cccc(-n2nc(C(C)(C)C)cc2NC(=O)OCC(Cl)(Cl)Cl)c1. The molecule has 0 radical (unpaired) electrons. The van der Waals surface area contributed by atoms with E-state index in [2.05, 4.69) is 10.4 Å². The van der Waals surface area contributed by atoms with Gasteiger partial charge in [0.25, 0.3) is 0 Å². The fourth-order valence-corrected chi connectivity index (χ4v) is 2.68. The van der Waals surface area contributed by atoms with Crippen LogP contribution in [0.3, 0.4) is 0 Å². The minimum Gasteiger partial charge on any atom is -0.445 e. The van der Waals surface area contributed by atoms with Gasteiger partial charge < -0.3 is 4.74 Å². The number of benzene rings is 1. The smallest absolute Gasteiger partial charge is 0.412 e. The van der Waals surface area contributed by atoms with E-state index in [1.807, 2.05) is 57.4 Å². The number of nitrogens with zero attached hydrogens (tertiary/aromatic N) is 2. The van der Waals surface area contributed by atoms with Crippen LogP contribution in [0.5, 0.6) is 0 Å². The summed E-state index contributed by atoms with van der Waals surface area (Å²) in [4.78, 5) is 13.2. The molecule has 0 atom stereocenters. The minimum absolute atomic E-state index is 0.194. The Bertz CT molecular complexity index is 782. The van der Waals surface area contributed by atoms with Gasteiger partial charge in [-0.05, 0) is 24.5 Å². The quantitative estimate of drug-likeness (QED) is 0.485. The number of alkyl halides is 3. The Labute approximate surface area is 172 Å². The van der Waals surface area contributed by atoms with Gasteiger partial charge in [0.15, 0.2) is 0 Å². The van der Waals surface area contributed by atoms with E-state index < -0.39 is 9.89 Å². The van der Waals surface area contributed by atoms with Gasteiger partial charge >= 0.3 is 6.09 Å². The molecule has 1 amide bonds. The van der Waals surface area contributed by atoms with E-state index in [4.69, 9.17) is 39.5 Å². The van der Waals surface area contributed by atoms with Crippen LogP contribution in [0, 0.1) is 0 Å². The number of thioether (sulfide) groups is 1. The van der Waals surface area contributed by atoms with Crippen molar-refractivity contribution in [1.82, 2.24) is 9.78 Å². The number of carbonyl (C=O) groups is 1. The van der Waals surface area contributed by atoms with E-state index in [1.165, 1.54) is 0 Å². The van der Waals surface area contributed by atoms with Crippen LogP contribution in [-0.2, 0) is 10.2 Å². The Hall–Kier alpha value is -1.08. The monoisotopic (exact) mass is 435 g/mol. The zero-order chi connectivity index (χ0) is 19.5. The molecule has 0 aliphatic rings. The zero-order valence-corrected chi connectivity index (χ0v) is 17.9. The number of hydrogen-bond acceptors (Lipinski definition) is 4. The van der Waals surface area contributed by atoms with E-state index in [0.29, 0.717) is 5.82 Å². The van der Waals surface area contributed by atoms with Crippen molar-refractivity contribution in [2.75, 3.05) is 18.2 Å². The van der Waals surface area contributed by atoms with Crippen molar-refractivity contribution in [3.8, 4) is 5.69 Å². The molecular formula is C17H20Cl3N3O2S. The van der Waals surface area contributed by atoms with E-state index in [1.54, 1.807) is 16.4 Å². The molecule has 142 valence electrons. The van der Waals surface area contributed by atoms with Gasteiger partial charge in [0, 0.05) is 16.4 Å². The Morgan fingerprint density at radius 1 is 1.27 bits per heavy atom. The normalized spacial score (nSPS) is 12.1. The minimum atomic E-state index is -1.67. The summed E-state index contributed by atoms with van der Waals surface area (Å²) in [6, 6.07) is 9.65. The van der Waals surface area contributed by atoms with E-state index in [9.17, 15) is 4.79 Å². The lowest BCUT2D eigenvalue weighted by atomic mass is 9.92. The Kier molecular flexibility index (Phi) is 6.77. The third kappa shape index (κ3) is 5.98. The first kappa shape index (κ1) is 21.2. The second kappa shape index (κ2) is 8.30. The van der Waals surface area contributed by atoms with Crippen molar-refractivity contribution in [3.63, 3.8) is 0 Å². The number of anilines is 1. The van der Waals surface area contributed by atoms with Crippen molar-refractivity contribution in [3.05, 3.63) is 36.0 Å². The first-order chi connectivity index (χ1) is 12.0. The van der Waals surface area contributed by atoms with Gasteiger partial charge in [0.05, 0.1) is 11.4 Å². The number of aromatic nitrogens is 2. The molecule has 9 heteroatoms. The maximum atomic E-state index is 12.1. The maximum absolute atomic E-state index is 12.1. The fraction of sp³-hybridized carbons (Fsp3) is 0.412. The van der Waals surface area contributed by atoms with Gasteiger partial charge in [0.2, 0.25) is 3.79 Å². The van der Waals surface area contributed by atoms with Gasteiger partial charge in [-0.3, -0.25) is 5.32 Å². The van der Waals surface area contributed by atoms with Gasteiger partial charge in [-0.2, -0.15) is 5.10 Å². The molecule has 1 heterocycles. The van der Waals surface area contributed by atoms with Crippen LogP contribution in [0.1, 0.15) is 26.5 Å². The van der Waals surface area contributed by atoms with Crippen LogP contribution in [0.25, 0.3) is 5.69 Å². The average Bonchev–Trinajstić information content (AvgIpc) is 2.96. The summed E-state index contributed by atoms with van der Waals surface area (Å²) >= 11 is 18.5. The van der Waals surface area contributed by atoms with Crippen LogP contribution in [-0.4, -0.2) is 32.5 Å². The first-order valence-corrected chi connectivity index (χ1v) is 10.1. The summed E-state index contributed by atoms with van der Waals surface area (Å²) in [7, 11) is 0. The van der Waals surface area contributed by atoms with Crippen LogP contribution in [0.4, 0.5) is 10.6 Å². The molecule has 0 saturated heterocycles. The highest BCUT2D eigenvalue weighted by atomic mass is 35.6. The van der Waals surface area contributed by atoms with Crippen LogP contribution < -0.4 is 5.32 Å². The molecule has 0 aliphatic carbocycles. The molecule has 2 aromatic rings. The summed E-state index contributed by atoms with van der Waals surface area (Å²) in [6.45, 7) is 5.78. The Morgan fingerprint density at radius 2 is 1.96 bits per heavy atom. The van der Waals surface area contributed by atoms with Crippen molar-refractivity contribution in [2.45, 2.75) is 34.9 Å². The molecule has 1 aromatic carbocycles. The molecule has 0 saturated carbocycles. The highest BCUT2D eigenvalue weighted by molar-refractivity contribution is 7.98. The summed E-state index contributed by atoms with van der Waals surface area (Å²) < 4.78 is 4.95. The van der Waals surface area contributed by atoms with Crippen LogP contribution in [0.2, 0.25) is 0 Å². The lowest BCUT2D eigenvalue weighted by Gasteiger charge is -2.14. The highest BCUT2D eigenvalue weighted by Gasteiger charge is 2.24. The number of amides is 1. The lowest BCUT2D eigenvalue weighted by Crippen LogP contribution is -2.22. The molecule has 1 aromatic heterocycles. The molecule has 26 heavy (non-hydrogen) atoms. The largest absolute Gasteiger partial charge is 0.445 e. The third-order valence-electron chi connectivity index (χ3n) is 3.37. The molecule has 0 spiro atoms. The number of nitrogens with one attached hydrogen (secondary N) is 1. The molecular weight excluding hydrogens is 417 g/mol.